The normalized spacial score (nSPS) is 28.5. The monoisotopic (exact) mass is 360 g/mol. The molecule has 144 valence electrons. The number of rotatable bonds is 9. The van der Waals surface area contributed by atoms with Gasteiger partial charge in [0.2, 0.25) is 0 Å². The van der Waals surface area contributed by atoms with Crippen molar-refractivity contribution in [3.05, 3.63) is 48.3 Å². The minimum Gasteiger partial charge on any atom is -0.495 e. The van der Waals surface area contributed by atoms with Crippen LogP contribution in [0.2, 0.25) is 0 Å². The van der Waals surface area contributed by atoms with Crippen molar-refractivity contribution in [1.29, 1.82) is 0 Å². The van der Waals surface area contributed by atoms with Crippen molar-refractivity contribution in [3.8, 4) is 0 Å². The highest BCUT2D eigenvalue weighted by Crippen LogP contribution is 2.42. The number of esters is 1. The molecule has 0 bridgehead atoms. The SMILES string of the molecule is CCCCCC1=CCC2C(CC(O)C2C=CC=CC=CC(=O)OCC)O1. The number of ether oxygens (including phenoxy) is 2. The molecule has 0 aromatic rings. The standard InChI is InChI=1S/C22H32O4/c1-3-5-8-11-17-14-15-19-18(20(23)16-21(19)26-17)12-9-6-7-10-13-22(24)25-4-2/h6-7,9-10,12-14,18-21,23H,3-5,8,11,15-16H2,1-2H3. The van der Waals surface area contributed by atoms with Crippen molar-refractivity contribution < 1.29 is 19.4 Å². The van der Waals surface area contributed by atoms with E-state index in [1.165, 1.54) is 25.3 Å². The Kier molecular flexibility index (Phi) is 8.69. The first-order valence-corrected chi connectivity index (χ1v) is 9.87. The van der Waals surface area contributed by atoms with Gasteiger partial charge in [-0.15, -0.1) is 0 Å². The summed E-state index contributed by atoms with van der Waals surface area (Å²) in [4.78, 5) is 11.2. The quantitative estimate of drug-likeness (QED) is 0.285. The van der Waals surface area contributed by atoms with Gasteiger partial charge in [-0.25, -0.2) is 4.79 Å². The number of hydrogen-bond donors (Lipinski definition) is 1. The van der Waals surface area contributed by atoms with Crippen molar-refractivity contribution in [2.24, 2.45) is 11.8 Å². The molecule has 4 heteroatoms. The second kappa shape index (κ2) is 11.0. The molecule has 1 N–H and O–H groups in total. The highest BCUT2D eigenvalue weighted by Gasteiger charge is 2.43. The number of aliphatic hydroxyl groups is 1. The summed E-state index contributed by atoms with van der Waals surface area (Å²) in [7, 11) is 0. The lowest BCUT2D eigenvalue weighted by molar-refractivity contribution is -0.137. The lowest BCUT2D eigenvalue weighted by Crippen LogP contribution is -2.25. The van der Waals surface area contributed by atoms with E-state index in [4.69, 9.17) is 9.47 Å². The van der Waals surface area contributed by atoms with E-state index in [0.29, 0.717) is 18.9 Å². The fourth-order valence-electron chi connectivity index (χ4n) is 3.68. The van der Waals surface area contributed by atoms with Gasteiger partial charge in [0.25, 0.3) is 0 Å². The summed E-state index contributed by atoms with van der Waals surface area (Å²) in [6, 6.07) is 0. The van der Waals surface area contributed by atoms with Crippen LogP contribution in [0, 0.1) is 11.8 Å². The molecule has 0 aromatic carbocycles. The molecule has 0 saturated heterocycles. The van der Waals surface area contributed by atoms with Crippen LogP contribution in [0.15, 0.2) is 48.3 Å². The van der Waals surface area contributed by atoms with E-state index in [1.54, 1.807) is 19.1 Å². The van der Waals surface area contributed by atoms with Crippen LogP contribution < -0.4 is 0 Å². The van der Waals surface area contributed by atoms with Crippen LogP contribution in [0.1, 0.15) is 52.4 Å². The van der Waals surface area contributed by atoms with E-state index in [-0.39, 0.29) is 24.1 Å². The maximum absolute atomic E-state index is 11.2. The first kappa shape index (κ1) is 20.5. The minimum atomic E-state index is -0.354. The summed E-state index contributed by atoms with van der Waals surface area (Å²) < 4.78 is 11.0. The summed E-state index contributed by atoms with van der Waals surface area (Å²) in [5.41, 5.74) is 0. The number of fused-ring (bicyclic) bond motifs is 1. The molecule has 4 atom stereocenters. The zero-order valence-corrected chi connectivity index (χ0v) is 16.0. The molecule has 4 nitrogen and oxygen atoms in total. The number of aliphatic hydroxyl groups excluding tert-OH is 1. The van der Waals surface area contributed by atoms with E-state index in [9.17, 15) is 9.90 Å². The van der Waals surface area contributed by atoms with Gasteiger partial charge in [0.1, 0.15) is 6.10 Å². The van der Waals surface area contributed by atoms with Gasteiger partial charge >= 0.3 is 5.97 Å². The molecule has 0 spiro atoms. The molecule has 0 amide bonds. The molecular weight excluding hydrogens is 328 g/mol. The molecule has 1 heterocycles. The third-order valence-electron chi connectivity index (χ3n) is 5.02. The van der Waals surface area contributed by atoms with Crippen molar-refractivity contribution in [2.45, 2.75) is 64.6 Å². The molecular formula is C22H32O4. The lowest BCUT2D eigenvalue weighted by Gasteiger charge is -2.29. The van der Waals surface area contributed by atoms with Gasteiger partial charge in [0.05, 0.1) is 18.5 Å². The van der Waals surface area contributed by atoms with Crippen molar-refractivity contribution in [1.82, 2.24) is 0 Å². The fraction of sp³-hybridized carbons (Fsp3) is 0.591. The van der Waals surface area contributed by atoms with Gasteiger partial charge < -0.3 is 14.6 Å². The van der Waals surface area contributed by atoms with Crippen LogP contribution in [-0.4, -0.2) is 29.9 Å². The number of hydrogen-bond acceptors (Lipinski definition) is 4. The average molecular weight is 360 g/mol. The third-order valence-corrected chi connectivity index (χ3v) is 5.02. The molecule has 26 heavy (non-hydrogen) atoms. The minimum absolute atomic E-state index is 0.118. The largest absolute Gasteiger partial charge is 0.495 e. The Labute approximate surface area is 157 Å². The van der Waals surface area contributed by atoms with Gasteiger partial charge in [-0.3, -0.25) is 0 Å². The Morgan fingerprint density at radius 3 is 2.85 bits per heavy atom. The van der Waals surface area contributed by atoms with Crippen LogP contribution in [0.3, 0.4) is 0 Å². The van der Waals surface area contributed by atoms with E-state index in [0.717, 1.165) is 18.6 Å². The van der Waals surface area contributed by atoms with Gasteiger partial charge in [-0.1, -0.05) is 50.1 Å². The number of carbonyl (C=O) groups excluding carboxylic acids is 1. The lowest BCUT2D eigenvalue weighted by atomic mass is 9.88. The van der Waals surface area contributed by atoms with Crippen LogP contribution >= 0.6 is 0 Å². The second-order valence-electron chi connectivity index (χ2n) is 6.94. The van der Waals surface area contributed by atoms with Crippen LogP contribution in [0.25, 0.3) is 0 Å². The van der Waals surface area contributed by atoms with Gasteiger partial charge in [0, 0.05) is 30.8 Å². The third kappa shape index (κ3) is 6.17. The molecule has 2 aliphatic rings. The summed E-state index contributed by atoms with van der Waals surface area (Å²) >= 11 is 0. The maximum Gasteiger partial charge on any atom is 0.330 e. The Balaban J connectivity index is 1.83. The summed E-state index contributed by atoms with van der Waals surface area (Å²) in [6.07, 6.45) is 19.0. The second-order valence-corrected chi connectivity index (χ2v) is 6.94. The predicted molar refractivity (Wildman–Crippen MR) is 103 cm³/mol. The zero-order chi connectivity index (χ0) is 18.8. The maximum atomic E-state index is 11.2. The van der Waals surface area contributed by atoms with Crippen molar-refractivity contribution in [3.63, 3.8) is 0 Å². The molecule has 0 radical (unpaired) electrons. The van der Waals surface area contributed by atoms with Crippen LogP contribution in [0.4, 0.5) is 0 Å². The van der Waals surface area contributed by atoms with Gasteiger partial charge in [0.15, 0.2) is 0 Å². The molecule has 1 aliphatic heterocycles. The number of allylic oxidation sites excluding steroid dienone is 6. The highest BCUT2D eigenvalue weighted by molar-refractivity contribution is 5.82. The molecule has 2 rings (SSSR count). The summed E-state index contributed by atoms with van der Waals surface area (Å²) in [5.74, 6) is 1.24. The number of unbranched alkanes of at least 4 members (excludes halogenated alkanes) is 2. The smallest absolute Gasteiger partial charge is 0.330 e. The van der Waals surface area contributed by atoms with Crippen LogP contribution in [0.5, 0.6) is 0 Å². The Morgan fingerprint density at radius 1 is 1.27 bits per heavy atom. The fourth-order valence-corrected chi connectivity index (χ4v) is 3.68. The van der Waals surface area contributed by atoms with Crippen LogP contribution in [-0.2, 0) is 14.3 Å². The molecule has 0 aromatic heterocycles. The van der Waals surface area contributed by atoms with E-state index in [1.807, 2.05) is 12.2 Å². The first-order chi connectivity index (χ1) is 12.7. The predicted octanol–water partition coefficient (Wildman–Crippen LogP) is 4.47. The molecule has 1 saturated carbocycles. The molecule has 1 aliphatic carbocycles. The van der Waals surface area contributed by atoms with Gasteiger partial charge in [-0.05, 0) is 25.8 Å². The zero-order valence-electron chi connectivity index (χ0n) is 16.0. The average Bonchev–Trinajstić information content (AvgIpc) is 2.93. The van der Waals surface area contributed by atoms with Gasteiger partial charge in [-0.2, -0.15) is 0 Å². The highest BCUT2D eigenvalue weighted by atomic mass is 16.5. The molecule has 1 fully saturated rings. The first-order valence-electron chi connectivity index (χ1n) is 9.87. The van der Waals surface area contributed by atoms with Crippen molar-refractivity contribution in [2.75, 3.05) is 6.61 Å². The van der Waals surface area contributed by atoms with E-state index in [2.05, 4.69) is 19.1 Å². The summed E-state index contributed by atoms with van der Waals surface area (Å²) in [6.45, 7) is 4.37. The van der Waals surface area contributed by atoms with E-state index >= 15 is 0 Å². The topological polar surface area (TPSA) is 55.8 Å². The molecule has 4 unspecified atom stereocenters. The van der Waals surface area contributed by atoms with Crippen molar-refractivity contribution >= 4 is 5.97 Å². The Morgan fingerprint density at radius 2 is 2.08 bits per heavy atom. The van der Waals surface area contributed by atoms with E-state index < -0.39 is 0 Å². The Bertz CT molecular complexity index is 558. The Hall–Kier alpha value is -1.81. The number of carbonyl (C=O) groups is 1. The summed E-state index contributed by atoms with van der Waals surface area (Å²) in [5, 5.41) is 10.4.